The van der Waals surface area contributed by atoms with Gasteiger partial charge in [-0.3, -0.25) is 4.79 Å². The van der Waals surface area contributed by atoms with Gasteiger partial charge in [0.05, 0.1) is 6.42 Å². The van der Waals surface area contributed by atoms with Crippen molar-refractivity contribution in [2.45, 2.75) is 32.8 Å². The lowest BCUT2D eigenvalue weighted by molar-refractivity contribution is -0.153. The van der Waals surface area contributed by atoms with Gasteiger partial charge in [-0.15, -0.1) is 0 Å². The molecular weight excluding hydrogens is 270 g/mol. The van der Waals surface area contributed by atoms with E-state index in [1.807, 2.05) is 39.0 Å². The molecule has 1 aromatic rings. The van der Waals surface area contributed by atoms with Crippen LogP contribution < -0.4 is 5.73 Å². The zero-order valence-corrected chi connectivity index (χ0v) is 11.3. The van der Waals surface area contributed by atoms with Crippen LogP contribution in [0.25, 0.3) is 0 Å². The Bertz CT molecular complexity index is 396. The zero-order chi connectivity index (χ0) is 12.3. The molecule has 16 heavy (non-hydrogen) atoms. The van der Waals surface area contributed by atoms with E-state index in [2.05, 4.69) is 15.9 Å². The molecule has 0 saturated heterocycles. The van der Waals surface area contributed by atoms with Crippen LogP contribution in [-0.4, -0.2) is 11.6 Å². The molecule has 2 N–H and O–H groups in total. The van der Waals surface area contributed by atoms with Crippen LogP contribution >= 0.6 is 15.9 Å². The van der Waals surface area contributed by atoms with E-state index in [0.29, 0.717) is 5.69 Å². The lowest BCUT2D eigenvalue weighted by Gasteiger charge is -2.19. The minimum atomic E-state index is -0.460. The molecule has 0 aromatic heterocycles. The van der Waals surface area contributed by atoms with Gasteiger partial charge in [0.25, 0.3) is 0 Å². The van der Waals surface area contributed by atoms with Gasteiger partial charge in [0.2, 0.25) is 0 Å². The number of nitrogen functional groups attached to an aromatic ring is 1. The number of para-hydroxylation sites is 1. The average molecular weight is 286 g/mol. The van der Waals surface area contributed by atoms with Gasteiger partial charge in [-0.2, -0.15) is 0 Å². The smallest absolute Gasteiger partial charge is 0.310 e. The highest BCUT2D eigenvalue weighted by Gasteiger charge is 2.17. The van der Waals surface area contributed by atoms with Crippen LogP contribution in [0.5, 0.6) is 0 Å². The molecule has 0 aliphatic heterocycles. The van der Waals surface area contributed by atoms with E-state index in [1.54, 1.807) is 0 Å². The fourth-order valence-corrected chi connectivity index (χ4v) is 1.68. The number of benzene rings is 1. The van der Waals surface area contributed by atoms with Crippen LogP contribution in [0.3, 0.4) is 0 Å². The summed E-state index contributed by atoms with van der Waals surface area (Å²) in [7, 11) is 0. The van der Waals surface area contributed by atoms with Gasteiger partial charge in [0.1, 0.15) is 5.60 Å². The van der Waals surface area contributed by atoms with Gasteiger partial charge in [-0.05, 0) is 48.3 Å². The van der Waals surface area contributed by atoms with E-state index in [9.17, 15) is 4.79 Å². The number of nitrogens with two attached hydrogens (primary N) is 1. The fourth-order valence-electron chi connectivity index (χ4n) is 1.27. The normalized spacial score (nSPS) is 11.2. The maximum Gasteiger partial charge on any atom is 0.310 e. The average Bonchev–Trinajstić information content (AvgIpc) is 2.09. The molecule has 88 valence electrons. The van der Waals surface area contributed by atoms with Crippen molar-refractivity contribution >= 4 is 27.6 Å². The van der Waals surface area contributed by atoms with Crippen LogP contribution in [-0.2, 0) is 16.0 Å². The van der Waals surface area contributed by atoms with E-state index in [0.717, 1.165) is 10.0 Å². The third kappa shape index (κ3) is 3.85. The SMILES string of the molecule is CC(C)(C)OC(=O)Cc1cccc(Br)c1N. The fraction of sp³-hybridized carbons (Fsp3) is 0.417. The van der Waals surface area contributed by atoms with Crippen LogP contribution in [0.15, 0.2) is 22.7 Å². The van der Waals surface area contributed by atoms with Gasteiger partial charge in [-0.25, -0.2) is 0 Å². The Morgan fingerprint density at radius 2 is 2.06 bits per heavy atom. The number of esters is 1. The van der Waals surface area contributed by atoms with Crippen LogP contribution in [0.4, 0.5) is 5.69 Å². The summed E-state index contributed by atoms with van der Waals surface area (Å²) in [5, 5.41) is 0. The second kappa shape index (κ2) is 4.87. The van der Waals surface area contributed by atoms with E-state index in [4.69, 9.17) is 10.5 Å². The molecule has 0 radical (unpaired) electrons. The Kier molecular flexibility index (Phi) is 3.97. The van der Waals surface area contributed by atoms with Crippen LogP contribution in [0.2, 0.25) is 0 Å². The maximum absolute atomic E-state index is 11.6. The molecule has 1 aromatic carbocycles. The Hall–Kier alpha value is -1.03. The van der Waals surface area contributed by atoms with Crippen LogP contribution in [0.1, 0.15) is 26.3 Å². The first-order chi connectivity index (χ1) is 7.29. The van der Waals surface area contributed by atoms with Gasteiger partial charge < -0.3 is 10.5 Å². The molecule has 0 unspecified atom stereocenters. The van der Waals surface area contributed by atoms with Crippen molar-refractivity contribution in [2.24, 2.45) is 0 Å². The summed E-state index contributed by atoms with van der Waals surface area (Å²) < 4.78 is 6.03. The number of hydrogen-bond donors (Lipinski definition) is 1. The molecule has 0 amide bonds. The highest BCUT2D eigenvalue weighted by atomic mass is 79.9. The summed E-state index contributed by atoms with van der Waals surface area (Å²) in [5.74, 6) is -0.266. The number of halogens is 1. The Morgan fingerprint density at radius 3 is 2.62 bits per heavy atom. The second-order valence-electron chi connectivity index (χ2n) is 4.58. The van der Waals surface area contributed by atoms with Gasteiger partial charge in [0.15, 0.2) is 0 Å². The summed E-state index contributed by atoms with van der Waals surface area (Å²) in [5.41, 5.74) is 6.75. The van der Waals surface area contributed by atoms with Crippen molar-refractivity contribution in [3.63, 3.8) is 0 Å². The molecule has 3 nitrogen and oxygen atoms in total. The Labute approximate surface area is 104 Å². The lowest BCUT2D eigenvalue weighted by Crippen LogP contribution is -2.25. The Balaban J connectivity index is 2.74. The molecule has 0 saturated carbocycles. The molecule has 0 heterocycles. The largest absolute Gasteiger partial charge is 0.460 e. The molecule has 1 rings (SSSR count). The van der Waals surface area contributed by atoms with Crippen molar-refractivity contribution in [3.8, 4) is 0 Å². The quantitative estimate of drug-likeness (QED) is 0.671. The van der Waals surface area contributed by atoms with Crippen molar-refractivity contribution in [2.75, 3.05) is 5.73 Å². The minimum Gasteiger partial charge on any atom is -0.460 e. The monoisotopic (exact) mass is 285 g/mol. The number of hydrogen-bond acceptors (Lipinski definition) is 3. The van der Waals surface area contributed by atoms with Crippen molar-refractivity contribution in [1.29, 1.82) is 0 Å². The Morgan fingerprint density at radius 1 is 1.44 bits per heavy atom. The summed E-state index contributed by atoms with van der Waals surface area (Å²) in [6, 6.07) is 5.51. The molecular formula is C12H16BrNO2. The standard InChI is InChI=1S/C12H16BrNO2/c1-12(2,3)16-10(15)7-8-5-4-6-9(13)11(8)14/h4-6H,7,14H2,1-3H3. The number of rotatable bonds is 2. The summed E-state index contributed by atoms with van der Waals surface area (Å²) in [4.78, 5) is 11.6. The van der Waals surface area contributed by atoms with Crippen LogP contribution in [0, 0.1) is 0 Å². The molecule has 0 fully saturated rings. The van der Waals surface area contributed by atoms with E-state index < -0.39 is 5.60 Å². The van der Waals surface area contributed by atoms with Gasteiger partial charge >= 0.3 is 5.97 Å². The molecule has 0 bridgehead atoms. The van der Waals surface area contributed by atoms with E-state index >= 15 is 0 Å². The predicted molar refractivity (Wildman–Crippen MR) is 68.1 cm³/mol. The third-order valence-corrected chi connectivity index (χ3v) is 2.59. The third-order valence-electron chi connectivity index (χ3n) is 1.90. The molecule has 4 heteroatoms. The predicted octanol–water partition coefficient (Wildman–Crippen LogP) is 2.92. The summed E-state index contributed by atoms with van der Waals surface area (Å²) in [6.45, 7) is 5.53. The highest BCUT2D eigenvalue weighted by Crippen LogP contribution is 2.24. The number of anilines is 1. The lowest BCUT2D eigenvalue weighted by atomic mass is 10.1. The molecule has 0 spiro atoms. The maximum atomic E-state index is 11.6. The highest BCUT2D eigenvalue weighted by molar-refractivity contribution is 9.10. The van der Waals surface area contributed by atoms with E-state index in [-0.39, 0.29) is 12.4 Å². The zero-order valence-electron chi connectivity index (χ0n) is 9.71. The van der Waals surface area contributed by atoms with Gasteiger partial charge in [-0.1, -0.05) is 12.1 Å². The van der Waals surface area contributed by atoms with E-state index in [1.165, 1.54) is 0 Å². The van der Waals surface area contributed by atoms with Gasteiger partial charge in [0, 0.05) is 10.2 Å². The first kappa shape index (κ1) is 13.0. The summed E-state index contributed by atoms with van der Waals surface area (Å²) >= 11 is 3.32. The molecule has 0 aliphatic carbocycles. The number of carbonyl (C=O) groups excluding carboxylic acids is 1. The molecule has 0 aliphatic rings. The molecule has 0 atom stereocenters. The number of carbonyl (C=O) groups is 1. The van der Waals surface area contributed by atoms with Crippen molar-refractivity contribution in [3.05, 3.63) is 28.2 Å². The second-order valence-corrected chi connectivity index (χ2v) is 5.43. The first-order valence-electron chi connectivity index (χ1n) is 5.04. The van der Waals surface area contributed by atoms with Crippen molar-refractivity contribution < 1.29 is 9.53 Å². The minimum absolute atomic E-state index is 0.197. The van der Waals surface area contributed by atoms with Crippen molar-refractivity contribution in [1.82, 2.24) is 0 Å². The topological polar surface area (TPSA) is 52.3 Å². The number of ether oxygens (including phenoxy) is 1. The first-order valence-corrected chi connectivity index (χ1v) is 5.83. The summed E-state index contributed by atoms with van der Waals surface area (Å²) in [6.07, 6.45) is 0.197.